The molecule has 0 saturated carbocycles. The van der Waals surface area contributed by atoms with E-state index in [4.69, 9.17) is 5.73 Å². The number of alkyl halides is 3. The number of nitrogens with one attached hydrogen (secondary N) is 2. The van der Waals surface area contributed by atoms with E-state index in [1.807, 2.05) is 0 Å². The van der Waals surface area contributed by atoms with Gasteiger partial charge in [0.05, 0.1) is 11.4 Å². The maximum absolute atomic E-state index is 14.4. The van der Waals surface area contributed by atoms with Crippen LogP contribution in [0.25, 0.3) is 11.3 Å². The molecule has 0 fully saturated rings. The molecule has 1 unspecified atom stereocenters. The monoisotopic (exact) mass is 450 g/mol. The highest BCUT2D eigenvalue weighted by Crippen LogP contribution is 2.38. The highest BCUT2D eigenvalue weighted by molar-refractivity contribution is 6.05. The van der Waals surface area contributed by atoms with Crippen LogP contribution in [0.3, 0.4) is 0 Å². The van der Waals surface area contributed by atoms with Crippen molar-refractivity contribution in [2.75, 3.05) is 11.1 Å². The number of nitrogens with two attached hydrogens (primary N) is 1. The Hall–Kier alpha value is -3.73. The Balaban J connectivity index is 1.91. The lowest BCUT2D eigenvalue weighted by atomic mass is 9.94. The van der Waals surface area contributed by atoms with Gasteiger partial charge in [-0.3, -0.25) is 9.59 Å². The maximum Gasteiger partial charge on any atom is 0.421 e. The van der Waals surface area contributed by atoms with E-state index in [-0.39, 0.29) is 28.2 Å². The van der Waals surface area contributed by atoms with Crippen molar-refractivity contribution >= 4 is 17.3 Å². The smallest absolute Gasteiger partial charge is 0.394 e. The van der Waals surface area contributed by atoms with Crippen LogP contribution in [0, 0.1) is 12.7 Å². The lowest BCUT2D eigenvalue weighted by Gasteiger charge is -2.26. The Labute approximate surface area is 178 Å². The van der Waals surface area contributed by atoms with Crippen molar-refractivity contribution in [1.82, 2.24) is 10.2 Å². The van der Waals surface area contributed by atoms with Crippen molar-refractivity contribution < 1.29 is 27.5 Å². The number of nitrogen functional groups attached to an aromatic ring is 1. The average molecular weight is 450 g/mol. The fraction of sp³-hybridized carbons (Fsp3) is 0.190. The predicted octanol–water partition coefficient (Wildman–Crippen LogP) is 3.49. The van der Waals surface area contributed by atoms with Crippen LogP contribution in [-0.4, -0.2) is 27.4 Å². The SMILES string of the molecule is Cc1c(-c2cc(N)c(=O)[nH]n2)ccc(F)c1NC(=O)c1ccc(C(C)(O)C(F)(F)F)cc1. The van der Waals surface area contributed by atoms with Crippen LogP contribution in [0.1, 0.15) is 28.4 Å². The van der Waals surface area contributed by atoms with E-state index >= 15 is 0 Å². The minimum Gasteiger partial charge on any atom is -0.394 e. The van der Waals surface area contributed by atoms with Gasteiger partial charge in [-0.1, -0.05) is 12.1 Å². The van der Waals surface area contributed by atoms with Crippen molar-refractivity contribution in [3.63, 3.8) is 0 Å². The highest BCUT2D eigenvalue weighted by atomic mass is 19.4. The van der Waals surface area contributed by atoms with Crippen LogP contribution in [-0.2, 0) is 5.60 Å². The van der Waals surface area contributed by atoms with E-state index < -0.39 is 34.6 Å². The number of hydrogen-bond donors (Lipinski definition) is 4. The first-order chi connectivity index (χ1) is 14.8. The molecule has 1 aromatic heterocycles. The van der Waals surface area contributed by atoms with Crippen molar-refractivity contribution in [1.29, 1.82) is 0 Å². The first-order valence-electron chi connectivity index (χ1n) is 9.18. The third-order valence-corrected chi connectivity index (χ3v) is 5.02. The third kappa shape index (κ3) is 4.19. The Bertz CT molecular complexity index is 1240. The van der Waals surface area contributed by atoms with Crippen LogP contribution < -0.4 is 16.6 Å². The van der Waals surface area contributed by atoms with Gasteiger partial charge < -0.3 is 16.2 Å². The minimum absolute atomic E-state index is 0.0534. The van der Waals surface area contributed by atoms with Gasteiger partial charge >= 0.3 is 6.18 Å². The molecule has 1 amide bonds. The van der Waals surface area contributed by atoms with E-state index in [1.165, 1.54) is 19.1 Å². The molecule has 0 aliphatic rings. The summed E-state index contributed by atoms with van der Waals surface area (Å²) in [6.07, 6.45) is -4.91. The summed E-state index contributed by atoms with van der Waals surface area (Å²) in [5.41, 5.74) is 2.05. The lowest BCUT2D eigenvalue weighted by molar-refractivity contribution is -0.258. The maximum atomic E-state index is 14.4. The van der Waals surface area contributed by atoms with Crippen molar-refractivity contribution in [3.8, 4) is 11.3 Å². The number of aromatic amines is 1. The number of H-pyrrole nitrogens is 1. The van der Waals surface area contributed by atoms with Crippen molar-refractivity contribution in [3.05, 3.63) is 75.3 Å². The number of amides is 1. The fourth-order valence-electron chi connectivity index (χ4n) is 2.96. The molecule has 7 nitrogen and oxygen atoms in total. The van der Waals surface area contributed by atoms with Crippen molar-refractivity contribution in [2.45, 2.75) is 25.6 Å². The highest BCUT2D eigenvalue weighted by Gasteiger charge is 2.51. The molecule has 2 aromatic carbocycles. The van der Waals surface area contributed by atoms with Gasteiger partial charge in [-0.2, -0.15) is 18.3 Å². The number of halogens is 4. The van der Waals surface area contributed by atoms with E-state index in [0.717, 1.165) is 30.3 Å². The quantitative estimate of drug-likeness (QED) is 0.454. The number of anilines is 2. The van der Waals surface area contributed by atoms with E-state index in [2.05, 4.69) is 15.5 Å². The number of aromatic nitrogens is 2. The zero-order valence-corrected chi connectivity index (χ0v) is 16.8. The number of carbonyl (C=O) groups excluding carboxylic acids is 1. The van der Waals surface area contributed by atoms with Crippen LogP contribution in [0.2, 0.25) is 0 Å². The lowest BCUT2D eigenvalue weighted by Crippen LogP contribution is -2.39. The molecular formula is C21H18F4N4O3. The summed E-state index contributed by atoms with van der Waals surface area (Å²) in [6, 6.07) is 7.90. The molecular weight excluding hydrogens is 432 g/mol. The third-order valence-electron chi connectivity index (χ3n) is 5.02. The van der Waals surface area contributed by atoms with Gasteiger partial charge in [-0.15, -0.1) is 0 Å². The second kappa shape index (κ2) is 8.08. The molecule has 32 heavy (non-hydrogen) atoms. The zero-order valence-electron chi connectivity index (χ0n) is 16.8. The molecule has 0 bridgehead atoms. The van der Waals surface area contributed by atoms with Gasteiger partial charge in [0, 0.05) is 11.1 Å². The summed E-state index contributed by atoms with van der Waals surface area (Å²) in [5.74, 6) is -1.54. The molecule has 1 heterocycles. The molecule has 0 aliphatic carbocycles. The number of benzene rings is 2. The molecule has 0 aliphatic heterocycles. The molecule has 3 rings (SSSR count). The number of hydrogen-bond acceptors (Lipinski definition) is 5. The van der Waals surface area contributed by atoms with Crippen molar-refractivity contribution in [2.24, 2.45) is 0 Å². The molecule has 5 N–H and O–H groups in total. The van der Waals surface area contributed by atoms with Gasteiger partial charge in [-0.05, 0) is 55.3 Å². The Morgan fingerprint density at radius 1 is 1.16 bits per heavy atom. The van der Waals surface area contributed by atoms with Gasteiger partial charge in [-0.25, -0.2) is 9.49 Å². The fourth-order valence-corrected chi connectivity index (χ4v) is 2.96. The average Bonchev–Trinajstić information content (AvgIpc) is 2.72. The predicted molar refractivity (Wildman–Crippen MR) is 109 cm³/mol. The van der Waals surface area contributed by atoms with Crippen LogP contribution in [0.15, 0.2) is 47.3 Å². The Kier molecular flexibility index (Phi) is 5.79. The largest absolute Gasteiger partial charge is 0.421 e. The summed E-state index contributed by atoms with van der Waals surface area (Å²) in [4.78, 5) is 24.0. The number of carbonyl (C=O) groups is 1. The van der Waals surface area contributed by atoms with E-state index in [0.29, 0.717) is 12.5 Å². The van der Waals surface area contributed by atoms with Gasteiger partial charge in [0.1, 0.15) is 11.5 Å². The minimum atomic E-state index is -4.91. The van der Waals surface area contributed by atoms with E-state index in [9.17, 15) is 32.3 Å². The molecule has 1 atom stereocenters. The number of aliphatic hydroxyl groups is 1. The van der Waals surface area contributed by atoms with Crippen LogP contribution in [0.5, 0.6) is 0 Å². The molecule has 168 valence electrons. The number of nitrogens with zero attached hydrogens (tertiary/aromatic N) is 1. The first-order valence-corrected chi connectivity index (χ1v) is 9.18. The Morgan fingerprint density at radius 3 is 2.34 bits per heavy atom. The molecule has 11 heteroatoms. The summed E-state index contributed by atoms with van der Waals surface area (Å²) < 4.78 is 53.4. The summed E-state index contributed by atoms with van der Waals surface area (Å²) in [6.45, 7) is 2.12. The topological polar surface area (TPSA) is 121 Å². The summed E-state index contributed by atoms with van der Waals surface area (Å²) in [5, 5.41) is 18.2. The second-order valence-corrected chi connectivity index (χ2v) is 7.23. The molecule has 0 spiro atoms. The normalized spacial score (nSPS) is 13.5. The number of rotatable bonds is 4. The van der Waals surface area contributed by atoms with Gasteiger partial charge in [0.25, 0.3) is 11.5 Å². The van der Waals surface area contributed by atoms with Crippen LogP contribution in [0.4, 0.5) is 28.9 Å². The van der Waals surface area contributed by atoms with E-state index in [1.54, 1.807) is 0 Å². The summed E-state index contributed by atoms with van der Waals surface area (Å²) >= 11 is 0. The van der Waals surface area contributed by atoms with Crippen LogP contribution >= 0.6 is 0 Å². The Morgan fingerprint density at radius 2 is 1.78 bits per heavy atom. The molecule has 3 aromatic rings. The second-order valence-electron chi connectivity index (χ2n) is 7.23. The zero-order chi connectivity index (χ0) is 23.8. The first kappa shape index (κ1) is 22.9. The molecule has 0 radical (unpaired) electrons. The van der Waals surface area contributed by atoms with Gasteiger partial charge in [0.2, 0.25) is 0 Å². The van der Waals surface area contributed by atoms with Gasteiger partial charge in [0.15, 0.2) is 5.60 Å². The molecule has 0 saturated heterocycles. The standard InChI is InChI=1S/C21H18F4N4O3/c1-10-13(16-9-15(26)19(31)29-28-16)7-8-14(22)17(10)27-18(30)11-3-5-12(6-4-11)20(2,32)21(23,24)25/h3-9,32H,1-2H3,(H2,26,28)(H,27,30)(H,29,31). The summed E-state index contributed by atoms with van der Waals surface area (Å²) in [7, 11) is 0.